The summed E-state index contributed by atoms with van der Waals surface area (Å²) in [7, 11) is 0. The zero-order chi connectivity index (χ0) is 15.2. The molecule has 0 saturated carbocycles. The maximum absolute atomic E-state index is 13.3. The highest BCUT2D eigenvalue weighted by Gasteiger charge is 2.16. The van der Waals surface area contributed by atoms with Gasteiger partial charge >= 0.3 is 0 Å². The number of nitrogens with one attached hydrogen (secondary N) is 1. The minimum atomic E-state index is -0.223. The van der Waals surface area contributed by atoms with E-state index in [4.69, 9.17) is 0 Å². The summed E-state index contributed by atoms with van der Waals surface area (Å²) in [6.45, 7) is 5.12. The first-order valence-electron chi connectivity index (χ1n) is 7.42. The molecule has 0 aliphatic heterocycles. The largest absolute Gasteiger partial charge is 0.306 e. The number of aryl methyl sites for hydroxylation is 1. The third kappa shape index (κ3) is 4.14. The molecule has 1 N–H and O–H groups in total. The fourth-order valence-electron chi connectivity index (χ4n) is 2.51. The molecule has 3 heteroatoms. The first-order chi connectivity index (χ1) is 10.2. The van der Waals surface area contributed by atoms with Crippen LogP contribution in [0.4, 0.5) is 4.39 Å². The van der Waals surface area contributed by atoms with Gasteiger partial charge in [0, 0.05) is 4.47 Å². The molecule has 2 rings (SSSR count). The van der Waals surface area contributed by atoms with Crippen molar-refractivity contribution in [3.8, 4) is 0 Å². The number of hydrogen-bond acceptors (Lipinski definition) is 1. The Morgan fingerprint density at radius 3 is 2.38 bits per heavy atom. The topological polar surface area (TPSA) is 12.0 Å². The highest BCUT2D eigenvalue weighted by Crippen LogP contribution is 2.29. The lowest BCUT2D eigenvalue weighted by molar-refractivity contribution is 0.611. The van der Waals surface area contributed by atoms with Crippen molar-refractivity contribution in [2.45, 2.75) is 32.7 Å². The van der Waals surface area contributed by atoms with Crippen LogP contribution in [0.3, 0.4) is 0 Å². The standard InChI is InChI=1S/C18H21BrFN/c1-3-5-13-6-8-14(9-7-13)18(21-4-2)16-11-10-15(20)12-17(16)19/h6-12,18,21H,3-5H2,1-2H3. The minimum Gasteiger partial charge on any atom is -0.306 e. The van der Waals surface area contributed by atoms with Crippen LogP contribution in [0.15, 0.2) is 46.9 Å². The number of benzene rings is 2. The van der Waals surface area contributed by atoms with Gasteiger partial charge in [-0.2, -0.15) is 0 Å². The molecule has 0 amide bonds. The van der Waals surface area contributed by atoms with Gasteiger partial charge in [0.25, 0.3) is 0 Å². The van der Waals surface area contributed by atoms with Crippen molar-refractivity contribution in [2.24, 2.45) is 0 Å². The molecular formula is C18H21BrFN. The Morgan fingerprint density at radius 2 is 1.81 bits per heavy atom. The molecule has 0 bridgehead atoms. The minimum absolute atomic E-state index is 0.0700. The highest BCUT2D eigenvalue weighted by atomic mass is 79.9. The second kappa shape index (κ2) is 7.71. The quantitative estimate of drug-likeness (QED) is 0.751. The molecule has 112 valence electrons. The van der Waals surface area contributed by atoms with E-state index in [1.54, 1.807) is 0 Å². The van der Waals surface area contributed by atoms with Gasteiger partial charge in [0.1, 0.15) is 5.82 Å². The van der Waals surface area contributed by atoms with Crippen LogP contribution >= 0.6 is 15.9 Å². The summed E-state index contributed by atoms with van der Waals surface area (Å²) in [5.41, 5.74) is 3.61. The first kappa shape index (κ1) is 16.2. The van der Waals surface area contributed by atoms with Gasteiger partial charge in [-0.05, 0) is 41.8 Å². The van der Waals surface area contributed by atoms with Crippen molar-refractivity contribution < 1.29 is 4.39 Å². The van der Waals surface area contributed by atoms with Crippen LogP contribution in [0, 0.1) is 5.82 Å². The molecule has 1 nitrogen and oxygen atoms in total. The Kier molecular flexibility index (Phi) is 5.95. The van der Waals surface area contributed by atoms with Crippen LogP contribution in [0.25, 0.3) is 0 Å². The van der Waals surface area contributed by atoms with Gasteiger partial charge in [-0.25, -0.2) is 4.39 Å². The van der Waals surface area contributed by atoms with Crippen molar-refractivity contribution in [1.82, 2.24) is 5.32 Å². The van der Waals surface area contributed by atoms with Gasteiger partial charge < -0.3 is 5.32 Å². The Bertz CT molecular complexity index is 580. The SMILES string of the molecule is CCCc1ccc(C(NCC)c2ccc(F)cc2Br)cc1. The summed E-state index contributed by atoms with van der Waals surface area (Å²) < 4.78 is 14.1. The van der Waals surface area contributed by atoms with Crippen LogP contribution < -0.4 is 5.32 Å². The molecule has 21 heavy (non-hydrogen) atoms. The van der Waals surface area contributed by atoms with Crippen molar-refractivity contribution in [2.75, 3.05) is 6.54 Å². The highest BCUT2D eigenvalue weighted by molar-refractivity contribution is 9.10. The molecule has 2 aromatic carbocycles. The molecule has 0 saturated heterocycles. The van der Waals surface area contributed by atoms with E-state index in [9.17, 15) is 4.39 Å². The smallest absolute Gasteiger partial charge is 0.124 e. The molecule has 1 atom stereocenters. The van der Waals surface area contributed by atoms with Crippen molar-refractivity contribution in [3.05, 3.63) is 69.4 Å². The molecule has 0 heterocycles. The lowest BCUT2D eigenvalue weighted by Crippen LogP contribution is -2.22. The zero-order valence-corrected chi connectivity index (χ0v) is 14.1. The van der Waals surface area contributed by atoms with Crippen molar-refractivity contribution >= 4 is 15.9 Å². The van der Waals surface area contributed by atoms with Gasteiger partial charge in [0.05, 0.1) is 6.04 Å². The van der Waals surface area contributed by atoms with E-state index in [1.165, 1.54) is 23.3 Å². The second-order valence-corrected chi connectivity index (χ2v) is 6.00. The normalized spacial score (nSPS) is 12.4. The van der Waals surface area contributed by atoms with Gasteiger partial charge in [-0.3, -0.25) is 0 Å². The molecule has 0 spiro atoms. The van der Waals surface area contributed by atoms with E-state index in [0.717, 1.165) is 29.4 Å². The van der Waals surface area contributed by atoms with E-state index in [-0.39, 0.29) is 11.9 Å². The number of halogens is 2. The first-order valence-corrected chi connectivity index (χ1v) is 8.22. The second-order valence-electron chi connectivity index (χ2n) is 5.15. The summed E-state index contributed by atoms with van der Waals surface area (Å²) in [6, 6.07) is 13.6. The summed E-state index contributed by atoms with van der Waals surface area (Å²) in [5, 5.41) is 3.47. The third-order valence-corrected chi connectivity index (χ3v) is 4.22. The summed E-state index contributed by atoms with van der Waals surface area (Å²) in [5.74, 6) is -0.223. The fraction of sp³-hybridized carbons (Fsp3) is 0.333. The average molecular weight is 350 g/mol. The molecular weight excluding hydrogens is 329 g/mol. The zero-order valence-electron chi connectivity index (χ0n) is 12.5. The molecule has 0 aliphatic rings. The molecule has 0 aromatic heterocycles. The van der Waals surface area contributed by atoms with Crippen LogP contribution in [-0.2, 0) is 6.42 Å². The van der Waals surface area contributed by atoms with Gasteiger partial charge in [-0.1, -0.05) is 66.5 Å². The molecule has 2 aromatic rings. The Balaban J connectivity index is 2.33. The predicted octanol–water partition coefficient (Wildman–Crippen LogP) is 5.24. The van der Waals surface area contributed by atoms with E-state index in [0.29, 0.717) is 0 Å². The Morgan fingerprint density at radius 1 is 1.10 bits per heavy atom. The molecule has 1 unspecified atom stereocenters. The van der Waals surface area contributed by atoms with Gasteiger partial charge in [0.2, 0.25) is 0 Å². The molecule has 0 fully saturated rings. The van der Waals surface area contributed by atoms with Gasteiger partial charge in [-0.15, -0.1) is 0 Å². The average Bonchev–Trinajstić information content (AvgIpc) is 2.47. The van der Waals surface area contributed by atoms with E-state index in [1.807, 2.05) is 6.07 Å². The van der Waals surface area contributed by atoms with Crippen LogP contribution in [0.5, 0.6) is 0 Å². The van der Waals surface area contributed by atoms with E-state index < -0.39 is 0 Å². The summed E-state index contributed by atoms with van der Waals surface area (Å²) in [4.78, 5) is 0. The molecule has 0 radical (unpaired) electrons. The van der Waals surface area contributed by atoms with E-state index in [2.05, 4.69) is 59.4 Å². The van der Waals surface area contributed by atoms with Crippen molar-refractivity contribution in [1.29, 1.82) is 0 Å². The molecule has 0 aliphatic carbocycles. The van der Waals surface area contributed by atoms with Crippen LogP contribution in [0.1, 0.15) is 43.0 Å². The third-order valence-electron chi connectivity index (χ3n) is 3.53. The predicted molar refractivity (Wildman–Crippen MR) is 90.1 cm³/mol. The maximum atomic E-state index is 13.3. The Labute approximate surface area is 134 Å². The summed E-state index contributed by atoms with van der Waals surface area (Å²) >= 11 is 3.47. The summed E-state index contributed by atoms with van der Waals surface area (Å²) in [6.07, 6.45) is 2.26. The fourth-order valence-corrected chi connectivity index (χ4v) is 3.09. The lowest BCUT2D eigenvalue weighted by Gasteiger charge is -2.20. The van der Waals surface area contributed by atoms with Crippen LogP contribution in [0.2, 0.25) is 0 Å². The van der Waals surface area contributed by atoms with Crippen LogP contribution in [-0.4, -0.2) is 6.54 Å². The van der Waals surface area contributed by atoms with Gasteiger partial charge in [0.15, 0.2) is 0 Å². The Hall–Kier alpha value is -1.19. The monoisotopic (exact) mass is 349 g/mol. The number of rotatable bonds is 6. The maximum Gasteiger partial charge on any atom is 0.124 e. The van der Waals surface area contributed by atoms with Crippen molar-refractivity contribution in [3.63, 3.8) is 0 Å². The number of hydrogen-bond donors (Lipinski definition) is 1. The van der Waals surface area contributed by atoms with E-state index >= 15 is 0 Å². The lowest BCUT2D eigenvalue weighted by atomic mass is 9.97.